The molecule has 306 valence electrons. The topological polar surface area (TPSA) is 241 Å². The van der Waals surface area contributed by atoms with Gasteiger partial charge in [-0.05, 0) is 55.9 Å². The number of ketones is 3. The molecule has 0 aliphatic heterocycles. The highest BCUT2D eigenvalue weighted by Gasteiger charge is 2.46. The predicted molar refractivity (Wildman–Crippen MR) is 215 cm³/mol. The van der Waals surface area contributed by atoms with E-state index in [4.69, 9.17) is 21.9 Å². The van der Waals surface area contributed by atoms with Gasteiger partial charge in [0, 0.05) is 23.5 Å². The zero-order valence-corrected chi connectivity index (χ0v) is 33.5. The Bertz CT molecular complexity index is 1840. The van der Waals surface area contributed by atoms with E-state index in [2.05, 4.69) is 10.3 Å². The lowest BCUT2D eigenvalue weighted by atomic mass is 9.70. The Morgan fingerprint density at radius 2 is 1.54 bits per heavy atom. The fourth-order valence-corrected chi connectivity index (χ4v) is 7.88. The molecule has 13 heteroatoms. The van der Waals surface area contributed by atoms with E-state index < -0.39 is 77.4 Å². The number of carbonyl (C=O) groups excluding carboxylic acids is 4. The van der Waals surface area contributed by atoms with Crippen molar-refractivity contribution in [1.82, 2.24) is 10.3 Å². The Balaban J connectivity index is 1.80. The Labute approximate surface area is 329 Å². The van der Waals surface area contributed by atoms with E-state index in [1.807, 2.05) is 44.2 Å². The summed E-state index contributed by atoms with van der Waals surface area (Å²) in [7, 11) is 0. The number of fused-ring (bicyclic) bond motifs is 1. The van der Waals surface area contributed by atoms with Gasteiger partial charge in [0.25, 0.3) is 0 Å². The van der Waals surface area contributed by atoms with Gasteiger partial charge in [-0.25, -0.2) is 0 Å². The second-order valence-electron chi connectivity index (χ2n) is 15.9. The lowest BCUT2D eigenvalue weighted by molar-refractivity contribution is -0.132. The Morgan fingerprint density at radius 3 is 2.14 bits per heavy atom. The second kappa shape index (κ2) is 19.8. The number of hydrogen-bond acceptors (Lipinski definition) is 12. The van der Waals surface area contributed by atoms with Crippen LogP contribution in [0.1, 0.15) is 106 Å². The van der Waals surface area contributed by atoms with Crippen LogP contribution in [0.2, 0.25) is 0 Å². The maximum atomic E-state index is 14.8. The SMILES string of the molecule is CC[C@@H](C)[C@@H](N)C(=O)NCc1ncc(C(=O)C(C(C)C)C(O)C(O)C(N)C(C(=O)[C@@H](N)[C@@H](C)O)C2CCCCC2)c(Oc2cccc3ccccc23)c1C(C)=O. The van der Waals surface area contributed by atoms with Crippen molar-refractivity contribution in [2.75, 3.05) is 0 Å². The number of pyridine rings is 1. The average Bonchev–Trinajstić information content (AvgIpc) is 3.18. The molecule has 9 atom stereocenters. The summed E-state index contributed by atoms with van der Waals surface area (Å²) in [4.78, 5) is 59.6. The molecule has 1 amide bonds. The van der Waals surface area contributed by atoms with Crippen LogP contribution in [-0.4, -0.2) is 80.0 Å². The van der Waals surface area contributed by atoms with E-state index in [0.29, 0.717) is 30.4 Å². The van der Waals surface area contributed by atoms with Gasteiger partial charge < -0.3 is 42.6 Å². The van der Waals surface area contributed by atoms with Crippen LogP contribution in [0.25, 0.3) is 10.8 Å². The quantitative estimate of drug-likeness (QED) is 0.0848. The molecule has 10 N–H and O–H groups in total. The molecule has 5 unspecified atom stereocenters. The summed E-state index contributed by atoms with van der Waals surface area (Å²) in [5.41, 5.74) is 18.9. The number of aliphatic hydroxyl groups is 3. The number of benzene rings is 2. The van der Waals surface area contributed by atoms with Crippen molar-refractivity contribution in [1.29, 1.82) is 0 Å². The molecule has 1 aliphatic carbocycles. The number of hydrogen-bond donors (Lipinski definition) is 7. The van der Waals surface area contributed by atoms with Gasteiger partial charge in [0.15, 0.2) is 23.1 Å². The van der Waals surface area contributed by atoms with Crippen molar-refractivity contribution in [2.24, 2.45) is 46.8 Å². The molecule has 0 spiro atoms. The number of nitrogens with one attached hydrogen (secondary N) is 1. The van der Waals surface area contributed by atoms with Crippen molar-refractivity contribution in [3.63, 3.8) is 0 Å². The molecule has 2 aromatic carbocycles. The summed E-state index contributed by atoms with van der Waals surface area (Å²) in [6, 6.07) is 9.43. The number of ether oxygens (including phenoxy) is 1. The summed E-state index contributed by atoms with van der Waals surface area (Å²) in [6.07, 6.45) is 1.26. The van der Waals surface area contributed by atoms with E-state index in [-0.39, 0.29) is 41.0 Å². The third kappa shape index (κ3) is 10.1. The van der Waals surface area contributed by atoms with Gasteiger partial charge in [-0.2, -0.15) is 0 Å². The third-order valence-corrected chi connectivity index (χ3v) is 11.6. The number of amides is 1. The fraction of sp³-hybridized carbons (Fsp3) is 0.558. The van der Waals surface area contributed by atoms with Gasteiger partial charge in [0.05, 0.1) is 59.7 Å². The minimum Gasteiger partial charge on any atom is -0.455 e. The van der Waals surface area contributed by atoms with Crippen LogP contribution in [0.15, 0.2) is 48.7 Å². The molecule has 0 saturated heterocycles. The fourth-order valence-electron chi connectivity index (χ4n) is 7.88. The van der Waals surface area contributed by atoms with Crippen molar-refractivity contribution in [2.45, 2.75) is 123 Å². The van der Waals surface area contributed by atoms with E-state index in [0.717, 1.165) is 24.6 Å². The average molecular weight is 776 g/mol. The first-order valence-electron chi connectivity index (χ1n) is 19.9. The second-order valence-corrected chi connectivity index (χ2v) is 15.9. The molecule has 1 fully saturated rings. The van der Waals surface area contributed by atoms with E-state index >= 15 is 0 Å². The molecule has 0 radical (unpaired) electrons. The van der Waals surface area contributed by atoms with E-state index in [1.165, 1.54) is 20.0 Å². The van der Waals surface area contributed by atoms with Crippen LogP contribution in [0.5, 0.6) is 11.5 Å². The van der Waals surface area contributed by atoms with Gasteiger partial charge in [-0.15, -0.1) is 0 Å². The number of Topliss-reactive ketones (excluding diaryl/α,β-unsaturated/α-hetero) is 3. The molecule has 1 heterocycles. The number of nitrogens with two attached hydrogens (primary N) is 3. The van der Waals surface area contributed by atoms with Crippen LogP contribution >= 0.6 is 0 Å². The molecule has 0 bridgehead atoms. The van der Waals surface area contributed by atoms with Crippen LogP contribution in [0.3, 0.4) is 0 Å². The Morgan fingerprint density at radius 1 is 0.893 bits per heavy atom. The number of nitrogens with zero attached hydrogens (tertiary/aromatic N) is 1. The summed E-state index contributed by atoms with van der Waals surface area (Å²) >= 11 is 0. The molecule has 56 heavy (non-hydrogen) atoms. The Kier molecular flexibility index (Phi) is 15.8. The zero-order valence-electron chi connectivity index (χ0n) is 33.5. The monoisotopic (exact) mass is 775 g/mol. The predicted octanol–water partition coefficient (Wildman–Crippen LogP) is 4.20. The standard InChI is InChI=1S/C43H61N5O8/c1-7-23(4)35(44)43(55)48-21-30-33(24(5)49)42(56-31-19-13-17-26-14-11-12-18-28(26)31)29(20-47-30)38(51)32(22(2)3)40(53)41(54)37(46)34(27-15-9-8-10-16-27)39(52)36(45)25(6)50/h11-14,17-20,22-23,25,27,32,34-37,40-41,50,53-54H,7-10,15-16,21,44-46H2,1-6H3,(H,48,55)/t23-,25-,32?,34?,35-,36+,37?,40?,41?/m1/s1. The molecule has 13 nitrogen and oxygen atoms in total. The summed E-state index contributed by atoms with van der Waals surface area (Å²) < 4.78 is 6.53. The molecular weight excluding hydrogens is 714 g/mol. The van der Waals surface area contributed by atoms with E-state index in [1.54, 1.807) is 26.0 Å². The highest BCUT2D eigenvalue weighted by atomic mass is 16.5. The molecule has 4 rings (SSSR count). The van der Waals surface area contributed by atoms with Crippen LogP contribution in [-0.2, 0) is 16.1 Å². The maximum Gasteiger partial charge on any atom is 0.237 e. The number of aliphatic hydroxyl groups excluding tert-OH is 3. The van der Waals surface area contributed by atoms with Crippen molar-refractivity contribution in [3.05, 3.63) is 65.5 Å². The van der Waals surface area contributed by atoms with Crippen LogP contribution < -0.4 is 27.3 Å². The third-order valence-electron chi connectivity index (χ3n) is 11.6. The van der Waals surface area contributed by atoms with E-state index in [9.17, 15) is 34.5 Å². The minimum atomic E-state index is -1.77. The van der Waals surface area contributed by atoms with Gasteiger partial charge >= 0.3 is 0 Å². The molecular formula is C43H61N5O8. The molecule has 3 aromatic rings. The molecule has 1 saturated carbocycles. The van der Waals surface area contributed by atoms with Gasteiger partial charge in [-0.1, -0.05) is 89.8 Å². The Hall–Kier alpha value is -4.11. The van der Waals surface area contributed by atoms with Gasteiger partial charge in [0.1, 0.15) is 5.75 Å². The lowest BCUT2D eigenvalue weighted by Gasteiger charge is -2.39. The largest absolute Gasteiger partial charge is 0.455 e. The zero-order chi connectivity index (χ0) is 41.4. The summed E-state index contributed by atoms with van der Waals surface area (Å²) in [5, 5.41) is 38.2. The van der Waals surface area contributed by atoms with Crippen molar-refractivity contribution < 1.29 is 39.2 Å². The molecule has 1 aromatic heterocycles. The summed E-state index contributed by atoms with van der Waals surface area (Å²) in [5.74, 6) is -5.11. The van der Waals surface area contributed by atoms with Gasteiger partial charge in [0.2, 0.25) is 5.91 Å². The summed E-state index contributed by atoms with van der Waals surface area (Å²) in [6.45, 7) is 9.71. The first-order chi connectivity index (χ1) is 26.5. The number of carbonyl (C=O) groups is 4. The number of aromatic nitrogens is 1. The van der Waals surface area contributed by atoms with Crippen molar-refractivity contribution >= 4 is 34.0 Å². The minimum absolute atomic E-state index is 0.0505. The first-order valence-corrected chi connectivity index (χ1v) is 19.9. The first kappa shape index (κ1) is 44.6. The normalized spacial score (nSPS) is 18.6. The maximum absolute atomic E-state index is 14.8. The lowest BCUT2D eigenvalue weighted by Crippen LogP contribution is -2.58. The van der Waals surface area contributed by atoms with Crippen LogP contribution in [0, 0.1) is 29.6 Å². The molecule has 1 aliphatic rings. The highest BCUT2D eigenvalue weighted by Crippen LogP contribution is 2.39. The van der Waals surface area contributed by atoms with Crippen molar-refractivity contribution in [3.8, 4) is 11.5 Å². The van der Waals surface area contributed by atoms with Crippen LogP contribution in [0.4, 0.5) is 0 Å². The van der Waals surface area contributed by atoms with Gasteiger partial charge in [-0.3, -0.25) is 24.2 Å². The smallest absolute Gasteiger partial charge is 0.237 e. The number of rotatable bonds is 19. The highest BCUT2D eigenvalue weighted by molar-refractivity contribution is 6.06.